The Labute approximate surface area is 144 Å². The number of nitrogens with zero attached hydrogens (tertiary/aromatic N) is 1. The van der Waals surface area contributed by atoms with Gasteiger partial charge in [-0.05, 0) is 38.1 Å². The second-order valence-corrected chi connectivity index (χ2v) is 5.99. The second-order valence-electron chi connectivity index (χ2n) is 5.17. The van der Waals surface area contributed by atoms with Crippen LogP contribution in [0.15, 0.2) is 36.7 Å². The maximum absolute atomic E-state index is 12.2. The molecule has 1 aromatic carbocycles. The summed E-state index contributed by atoms with van der Waals surface area (Å²) in [7, 11) is 0. The summed E-state index contributed by atoms with van der Waals surface area (Å²) in [6.45, 7) is 3.71. The van der Waals surface area contributed by atoms with Gasteiger partial charge < -0.3 is 10.6 Å². The van der Waals surface area contributed by atoms with Crippen molar-refractivity contribution in [2.24, 2.45) is 0 Å². The SMILES string of the molecule is CC(C)NC(=O)c1cncc(C(=O)Nc2ccc(Cl)c(Cl)c2)c1. The van der Waals surface area contributed by atoms with Crippen molar-refractivity contribution >= 4 is 40.7 Å². The first-order valence-corrected chi connectivity index (χ1v) is 7.64. The Hall–Kier alpha value is -2.11. The van der Waals surface area contributed by atoms with E-state index in [2.05, 4.69) is 15.6 Å². The molecule has 0 saturated heterocycles. The fourth-order valence-electron chi connectivity index (χ4n) is 1.81. The van der Waals surface area contributed by atoms with Crippen LogP contribution in [-0.4, -0.2) is 22.8 Å². The lowest BCUT2D eigenvalue weighted by molar-refractivity contribution is 0.0942. The molecule has 23 heavy (non-hydrogen) atoms. The summed E-state index contributed by atoms with van der Waals surface area (Å²) < 4.78 is 0. The third-order valence-electron chi connectivity index (χ3n) is 2.86. The number of carbonyl (C=O) groups is 2. The Balaban J connectivity index is 2.16. The zero-order valence-corrected chi connectivity index (χ0v) is 14.1. The molecule has 0 bridgehead atoms. The van der Waals surface area contributed by atoms with E-state index in [9.17, 15) is 9.59 Å². The van der Waals surface area contributed by atoms with E-state index in [1.165, 1.54) is 18.5 Å². The van der Waals surface area contributed by atoms with Gasteiger partial charge in [-0.25, -0.2) is 0 Å². The largest absolute Gasteiger partial charge is 0.350 e. The number of benzene rings is 1. The number of amides is 2. The Morgan fingerprint density at radius 3 is 2.26 bits per heavy atom. The van der Waals surface area contributed by atoms with E-state index >= 15 is 0 Å². The third kappa shape index (κ3) is 4.68. The van der Waals surface area contributed by atoms with E-state index in [0.29, 0.717) is 21.3 Å². The molecule has 0 aliphatic carbocycles. The molecular formula is C16H15Cl2N3O2. The molecule has 0 spiro atoms. The van der Waals surface area contributed by atoms with E-state index in [4.69, 9.17) is 23.2 Å². The smallest absolute Gasteiger partial charge is 0.257 e. The summed E-state index contributed by atoms with van der Waals surface area (Å²) in [6.07, 6.45) is 2.80. The standard InChI is InChI=1S/C16H15Cl2N3O2/c1-9(2)20-15(22)10-5-11(8-19-7-10)16(23)21-12-3-4-13(17)14(18)6-12/h3-9H,1-2H3,(H,20,22)(H,21,23). The lowest BCUT2D eigenvalue weighted by Gasteiger charge is -2.09. The highest BCUT2D eigenvalue weighted by Gasteiger charge is 2.12. The molecule has 2 rings (SSSR count). The minimum Gasteiger partial charge on any atom is -0.350 e. The van der Waals surface area contributed by atoms with Crippen molar-refractivity contribution in [1.82, 2.24) is 10.3 Å². The fourth-order valence-corrected chi connectivity index (χ4v) is 2.11. The van der Waals surface area contributed by atoms with Crippen LogP contribution in [0.4, 0.5) is 5.69 Å². The van der Waals surface area contributed by atoms with Crippen LogP contribution in [-0.2, 0) is 0 Å². The van der Waals surface area contributed by atoms with Gasteiger partial charge >= 0.3 is 0 Å². The summed E-state index contributed by atoms with van der Waals surface area (Å²) in [5, 5.41) is 6.17. The number of hydrogen-bond acceptors (Lipinski definition) is 3. The second kappa shape index (κ2) is 7.44. The number of rotatable bonds is 4. The first-order chi connectivity index (χ1) is 10.9. The van der Waals surface area contributed by atoms with Crippen LogP contribution in [0.25, 0.3) is 0 Å². The van der Waals surface area contributed by atoms with Gasteiger partial charge in [0.15, 0.2) is 0 Å². The molecule has 2 amide bonds. The molecule has 0 fully saturated rings. The van der Waals surface area contributed by atoms with Crippen LogP contribution in [0, 0.1) is 0 Å². The summed E-state index contributed by atoms with van der Waals surface area (Å²) in [6, 6.07) is 6.25. The van der Waals surface area contributed by atoms with Crippen molar-refractivity contribution in [3.05, 3.63) is 57.8 Å². The molecule has 0 saturated carbocycles. The molecule has 7 heteroatoms. The molecule has 0 unspecified atom stereocenters. The van der Waals surface area contributed by atoms with Crippen molar-refractivity contribution < 1.29 is 9.59 Å². The predicted molar refractivity (Wildman–Crippen MR) is 91.3 cm³/mol. The van der Waals surface area contributed by atoms with Gasteiger partial charge in [0, 0.05) is 24.1 Å². The number of aromatic nitrogens is 1. The van der Waals surface area contributed by atoms with Crippen LogP contribution >= 0.6 is 23.2 Å². The van der Waals surface area contributed by atoms with Crippen LogP contribution in [0.2, 0.25) is 10.0 Å². The van der Waals surface area contributed by atoms with E-state index in [-0.39, 0.29) is 17.5 Å². The number of halogens is 2. The van der Waals surface area contributed by atoms with Gasteiger partial charge in [-0.2, -0.15) is 0 Å². The Morgan fingerprint density at radius 2 is 1.65 bits per heavy atom. The predicted octanol–water partition coefficient (Wildman–Crippen LogP) is 3.78. The van der Waals surface area contributed by atoms with Crippen LogP contribution in [0.1, 0.15) is 34.6 Å². The fraction of sp³-hybridized carbons (Fsp3) is 0.188. The van der Waals surface area contributed by atoms with E-state index in [1.807, 2.05) is 13.8 Å². The van der Waals surface area contributed by atoms with Gasteiger partial charge in [0.1, 0.15) is 0 Å². The molecule has 2 N–H and O–H groups in total. The Morgan fingerprint density at radius 1 is 1.00 bits per heavy atom. The van der Waals surface area contributed by atoms with Gasteiger partial charge in [0.2, 0.25) is 0 Å². The quantitative estimate of drug-likeness (QED) is 0.880. The van der Waals surface area contributed by atoms with Gasteiger partial charge in [-0.15, -0.1) is 0 Å². The van der Waals surface area contributed by atoms with Gasteiger partial charge in [0.05, 0.1) is 21.2 Å². The normalized spacial score (nSPS) is 10.5. The Kier molecular flexibility index (Phi) is 5.58. The van der Waals surface area contributed by atoms with Crippen molar-refractivity contribution in [3.8, 4) is 0 Å². The maximum Gasteiger partial charge on any atom is 0.257 e. The molecule has 120 valence electrons. The average Bonchev–Trinajstić information content (AvgIpc) is 2.50. The van der Waals surface area contributed by atoms with Crippen LogP contribution < -0.4 is 10.6 Å². The number of carbonyl (C=O) groups excluding carboxylic acids is 2. The first-order valence-electron chi connectivity index (χ1n) is 6.89. The van der Waals surface area contributed by atoms with Gasteiger partial charge in [-0.1, -0.05) is 23.2 Å². The minimum atomic E-state index is -0.393. The maximum atomic E-state index is 12.2. The van der Waals surface area contributed by atoms with E-state index < -0.39 is 5.91 Å². The third-order valence-corrected chi connectivity index (χ3v) is 3.60. The van der Waals surface area contributed by atoms with Crippen LogP contribution in [0.5, 0.6) is 0 Å². The van der Waals surface area contributed by atoms with E-state index in [0.717, 1.165) is 0 Å². The molecule has 5 nitrogen and oxygen atoms in total. The zero-order valence-electron chi connectivity index (χ0n) is 12.6. The van der Waals surface area contributed by atoms with Crippen molar-refractivity contribution in [2.45, 2.75) is 19.9 Å². The van der Waals surface area contributed by atoms with E-state index in [1.54, 1.807) is 18.2 Å². The summed E-state index contributed by atoms with van der Waals surface area (Å²) >= 11 is 11.7. The summed E-state index contributed by atoms with van der Waals surface area (Å²) in [5.41, 5.74) is 1.09. The molecule has 0 atom stereocenters. The minimum absolute atomic E-state index is 0.00353. The Bertz CT molecular complexity index is 748. The van der Waals surface area contributed by atoms with Gasteiger partial charge in [-0.3, -0.25) is 14.6 Å². The summed E-state index contributed by atoms with van der Waals surface area (Å²) in [5.74, 6) is -0.674. The molecule has 1 heterocycles. The highest BCUT2D eigenvalue weighted by Crippen LogP contribution is 2.25. The van der Waals surface area contributed by atoms with Crippen molar-refractivity contribution in [2.75, 3.05) is 5.32 Å². The number of pyridine rings is 1. The molecule has 0 aliphatic rings. The number of anilines is 1. The first kappa shape index (κ1) is 17.2. The number of hydrogen-bond donors (Lipinski definition) is 2. The zero-order chi connectivity index (χ0) is 17.0. The lowest BCUT2D eigenvalue weighted by atomic mass is 10.1. The number of nitrogens with one attached hydrogen (secondary N) is 2. The topological polar surface area (TPSA) is 71.1 Å². The highest BCUT2D eigenvalue weighted by atomic mass is 35.5. The van der Waals surface area contributed by atoms with Crippen LogP contribution in [0.3, 0.4) is 0 Å². The molecule has 1 aromatic heterocycles. The molecule has 0 radical (unpaired) electrons. The highest BCUT2D eigenvalue weighted by molar-refractivity contribution is 6.42. The van der Waals surface area contributed by atoms with Crippen molar-refractivity contribution in [1.29, 1.82) is 0 Å². The average molecular weight is 352 g/mol. The molecular weight excluding hydrogens is 337 g/mol. The molecule has 0 aliphatic heterocycles. The lowest BCUT2D eigenvalue weighted by Crippen LogP contribution is -2.30. The van der Waals surface area contributed by atoms with Crippen molar-refractivity contribution in [3.63, 3.8) is 0 Å². The molecule has 2 aromatic rings. The summed E-state index contributed by atoms with van der Waals surface area (Å²) in [4.78, 5) is 28.1. The van der Waals surface area contributed by atoms with Gasteiger partial charge in [0.25, 0.3) is 11.8 Å². The monoisotopic (exact) mass is 351 g/mol.